The van der Waals surface area contributed by atoms with Gasteiger partial charge in [-0.1, -0.05) is 0 Å². The Morgan fingerprint density at radius 1 is 1.75 bits per heavy atom. The van der Waals surface area contributed by atoms with E-state index in [-0.39, 0.29) is 5.69 Å². The molecule has 0 aliphatic heterocycles. The fraction of sp³-hybridized carbons (Fsp3) is 0.143. The molecule has 0 fully saturated rings. The van der Waals surface area contributed by atoms with Crippen molar-refractivity contribution >= 4 is 27.6 Å². The number of aromatic carboxylic acids is 1. The molecule has 0 radical (unpaired) electrons. The number of halogens is 1. The molecule has 0 unspecified atom stereocenters. The van der Waals surface area contributed by atoms with Crippen LogP contribution in [0.15, 0.2) is 16.7 Å². The predicted octanol–water partition coefficient (Wildman–Crippen LogP) is 1.58. The zero-order chi connectivity index (χ0) is 9.14. The third-order valence-electron chi connectivity index (χ3n) is 1.33. The van der Waals surface area contributed by atoms with Crippen LogP contribution in [-0.4, -0.2) is 23.1 Å². The molecule has 64 valence electrons. The number of rotatable bonds is 2. The molecule has 2 N–H and O–H groups in total. The highest BCUT2D eigenvalue weighted by Gasteiger charge is 2.10. The van der Waals surface area contributed by atoms with E-state index in [1.54, 1.807) is 13.1 Å². The first-order valence-corrected chi connectivity index (χ1v) is 4.01. The zero-order valence-corrected chi connectivity index (χ0v) is 7.92. The molecular formula is C7H7BrN2O2. The lowest BCUT2D eigenvalue weighted by atomic mass is 10.3. The summed E-state index contributed by atoms with van der Waals surface area (Å²) in [5.74, 6) is -1.04. The molecule has 0 bridgehead atoms. The summed E-state index contributed by atoms with van der Waals surface area (Å²) >= 11 is 3.19. The van der Waals surface area contributed by atoms with E-state index in [9.17, 15) is 4.79 Å². The van der Waals surface area contributed by atoms with Crippen LogP contribution in [0.1, 0.15) is 10.5 Å². The van der Waals surface area contributed by atoms with Gasteiger partial charge in [0, 0.05) is 17.7 Å². The van der Waals surface area contributed by atoms with Crippen molar-refractivity contribution in [2.24, 2.45) is 0 Å². The van der Waals surface area contributed by atoms with Crippen molar-refractivity contribution in [1.82, 2.24) is 4.98 Å². The van der Waals surface area contributed by atoms with E-state index >= 15 is 0 Å². The molecule has 0 saturated heterocycles. The molecule has 1 aromatic heterocycles. The first-order valence-electron chi connectivity index (χ1n) is 3.21. The van der Waals surface area contributed by atoms with Gasteiger partial charge in [0.15, 0.2) is 5.69 Å². The Balaban J connectivity index is 3.20. The molecular weight excluding hydrogens is 224 g/mol. The van der Waals surface area contributed by atoms with Gasteiger partial charge < -0.3 is 10.4 Å². The third kappa shape index (κ3) is 1.73. The van der Waals surface area contributed by atoms with Crippen LogP contribution < -0.4 is 5.32 Å². The number of hydrogen-bond acceptors (Lipinski definition) is 3. The molecule has 4 nitrogen and oxygen atoms in total. The van der Waals surface area contributed by atoms with Crippen molar-refractivity contribution in [3.8, 4) is 0 Å². The summed E-state index contributed by atoms with van der Waals surface area (Å²) < 4.78 is 0.747. The SMILES string of the molecule is CNc1cc(Br)cnc1C(=O)O. The second kappa shape index (κ2) is 3.53. The van der Waals surface area contributed by atoms with Crippen molar-refractivity contribution in [1.29, 1.82) is 0 Å². The molecule has 0 saturated carbocycles. The Bertz CT molecular complexity index is 314. The number of aromatic nitrogens is 1. The first-order chi connectivity index (χ1) is 5.65. The molecule has 1 aromatic rings. The fourth-order valence-electron chi connectivity index (χ4n) is 0.800. The largest absolute Gasteiger partial charge is 0.476 e. The highest BCUT2D eigenvalue weighted by Crippen LogP contribution is 2.17. The number of pyridine rings is 1. The quantitative estimate of drug-likeness (QED) is 0.811. The lowest BCUT2D eigenvalue weighted by molar-refractivity contribution is 0.0691. The maximum Gasteiger partial charge on any atom is 0.356 e. The van der Waals surface area contributed by atoms with E-state index in [4.69, 9.17) is 5.11 Å². The topological polar surface area (TPSA) is 62.2 Å². The molecule has 0 atom stereocenters. The van der Waals surface area contributed by atoms with Crippen LogP contribution in [-0.2, 0) is 0 Å². The second-order valence-electron chi connectivity index (χ2n) is 2.10. The van der Waals surface area contributed by atoms with Crippen molar-refractivity contribution in [2.45, 2.75) is 0 Å². The van der Waals surface area contributed by atoms with E-state index in [0.29, 0.717) is 5.69 Å². The highest BCUT2D eigenvalue weighted by atomic mass is 79.9. The number of nitrogens with one attached hydrogen (secondary N) is 1. The first kappa shape index (κ1) is 8.99. The molecule has 0 amide bonds. The van der Waals surface area contributed by atoms with Crippen LogP contribution in [0.2, 0.25) is 0 Å². The number of carboxylic acid groups (broad SMARTS) is 1. The van der Waals surface area contributed by atoms with Crippen molar-refractivity contribution in [2.75, 3.05) is 12.4 Å². The molecule has 5 heteroatoms. The summed E-state index contributed by atoms with van der Waals surface area (Å²) in [6, 6.07) is 1.66. The van der Waals surface area contributed by atoms with Gasteiger partial charge in [-0.25, -0.2) is 9.78 Å². The van der Waals surface area contributed by atoms with Gasteiger partial charge in [-0.05, 0) is 22.0 Å². The van der Waals surface area contributed by atoms with Crippen molar-refractivity contribution in [3.63, 3.8) is 0 Å². The summed E-state index contributed by atoms with van der Waals surface area (Å²) in [6.45, 7) is 0. The summed E-state index contributed by atoms with van der Waals surface area (Å²) in [4.78, 5) is 14.3. The van der Waals surface area contributed by atoms with Gasteiger partial charge in [0.25, 0.3) is 0 Å². The minimum absolute atomic E-state index is 0.0284. The van der Waals surface area contributed by atoms with Crippen LogP contribution in [0.4, 0.5) is 5.69 Å². The Morgan fingerprint density at radius 2 is 2.42 bits per heavy atom. The molecule has 0 aliphatic rings. The minimum atomic E-state index is -1.04. The Kier molecular flexibility index (Phi) is 2.65. The lowest BCUT2D eigenvalue weighted by Gasteiger charge is -2.03. The van der Waals surface area contributed by atoms with Crippen molar-refractivity contribution < 1.29 is 9.90 Å². The molecule has 0 aromatic carbocycles. The maximum atomic E-state index is 10.6. The zero-order valence-electron chi connectivity index (χ0n) is 6.34. The molecule has 0 aliphatic carbocycles. The lowest BCUT2D eigenvalue weighted by Crippen LogP contribution is -2.05. The summed E-state index contributed by atoms with van der Waals surface area (Å²) in [5, 5.41) is 11.4. The van der Waals surface area contributed by atoms with Crippen molar-refractivity contribution in [3.05, 3.63) is 22.4 Å². The Hall–Kier alpha value is -1.10. The Labute approximate surface area is 77.8 Å². The number of hydrogen-bond donors (Lipinski definition) is 2. The number of carbonyl (C=O) groups is 1. The van der Waals surface area contributed by atoms with Gasteiger partial charge in [0.2, 0.25) is 0 Å². The van der Waals surface area contributed by atoms with E-state index < -0.39 is 5.97 Å². The predicted molar refractivity (Wildman–Crippen MR) is 48.4 cm³/mol. The number of anilines is 1. The van der Waals surface area contributed by atoms with Crippen LogP contribution in [0, 0.1) is 0 Å². The second-order valence-corrected chi connectivity index (χ2v) is 3.02. The van der Waals surface area contributed by atoms with E-state index in [1.165, 1.54) is 6.20 Å². The number of nitrogens with zero attached hydrogens (tertiary/aromatic N) is 1. The summed E-state index contributed by atoms with van der Waals surface area (Å²) in [6.07, 6.45) is 1.45. The number of carboxylic acids is 1. The van der Waals surface area contributed by atoms with Gasteiger partial charge in [0.1, 0.15) is 0 Å². The highest BCUT2D eigenvalue weighted by molar-refractivity contribution is 9.10. The standard InChI is InChI=1S/C7H7BrN2O2/c1-9-5-2-4(8)3-10-6(5)7(11)12/h2-3,9H,1H3,(H,11,12). The molecule has 12 heavy (non-hydrogen) atoms. The molecule has 1 heterocycles. The molecule has 0 spiro atoms. The average Bonchev–Trinajstić information content (AvgIpc) is 2.03. The van der Waals surface area contributed by atoms with Gasteiger partial charge >= 0.3 is 5.97 Å². The van der Waals surface area contributed by atoms with Gasteiger partial charge in [-0.2, -0.15) is 0 Å². The van der Waals surface area contributed by atoms with Crippen LogP contribution in [0.25, 0.3) is 0 Å². The maximum absolute atomic E-state index is 10.6. The third-order valence-corrected chi connectivity index (χ3v) is 1.76. The summed E-state index contributed by atoms with van der Waals surface area (Å²) in [5.41, 5.74) is 0.526. The van der Waals surface area contributed by atoms with Crippen LogP contribution >= 0.6 is 15.9 Å². The fourth-order valence-corrected chi connectivity index (χ4v) is 1.13. The van der Waals surface area contributed by atoms with Crippen LogP contribution in [0.5, 0.6) is 0 Å². The van der Waals surface area contributed by atoms with Gasteiger partial charge in [0.05, 0.1) is 5.69 Å². The average molecular weight is 231 g/mol. The van der Waals surface area contributed by atoms with Crippen LogP contribution in [0.3, 0.4) is 0 Å². The monoisotopic (exact) mass is 230 g/mol. The van der Waals surface area contributed by atoms with E-state index in [1.807, 2.05) is 0 Å². The summed E-state index contributed by atoms with van der Waals surface area (Å²) in [7, 11) is 1.65. The van der Waals surface area contributed by atoms with Gasteiger partial charge in [-0.3, -0.25) is 0 Å². The minimum Gasteiger partial charge on any atom is -0.476 e. The normalized spacial score (nSPS) is 9.50. The Morgan fingerprint density at radius 3 is 2.92 bits per heavy atom. The van der Waals surface area contributed by atoms with E-state index in [0.717, 1.165) is 4.47 Å². The van der Waals surface area contributed by atoms with Gasteiger partial charge in [-0.15, -0.1) is 0 Å². The molecule has 1 rings (SSSR count). The smallest absolute Gasteiger partial charge is 0.356 e. The van der Waals surface area contributed by atoms with E-state index in [2.05, 4.69) is 26.2 Å².